The zero-order chi connectivity index (χ0) is 9.68. The van der Waals surface area contributed by atoms with Crippen LogP contribution in [0.5, 0.6) is 5.75 Å². The molecule has 1 aromatic rings. The first-order chi connectivity index (χ1) is 6.22. The molecule has 0 heterocycles. The third-order valence-corrected chi connectivity index (χ3v) is 2.29. The summed E-state index contributed by atoms with van der Waals surface area (Å²) in [5.41, 5.74) is 1.09. The van der Waals surface area contributed by atoms with E-state index in [4.69, 9.17) is 4.18 Å². The Hall–Kier alpha value is -0.870. The standard InChI is InChI=1S/C9H13NO2S/c1-3-10-13(11)12-9-6-4-5-8(2)7-9/h4-7,10H,3H2,1-2H3. The van der Waals surface area contributed by atoms with Crippen LogP contribution >= 0.6 is 0 Å². The maximum absolute atomic E-state index is 11.1. The number of nitrogens with one attached hydrogen (secondary N) is 1. The number of hydrogen-bond acceptors (Lipinski definition) is 2. The van der Waals surface area contributed by atoms with Crippen molar-refractivity contribution in [3.8, 4) is 5.75 Å². The predicted molar refractivity (Wildman–Crippen MR) is 53.6 cm³/mol. The highest BCUT2D eigenvalue weighted by Crippen LogP contribution is 2.12. The van der Waals surface area contributed by atoms with Gasteiger partial charge in [0, 0.05) is 6.54 Å². The fraction of sp³-hybridized carbons (Fsp3) is 0.333. The van der Waals surface area contributed by atoms with Crippen LogP contribution in [0.4, 0.5) is 0 Å². The largest absolute Gasteiger partial charge is 0.389 e. The van der Waals surface area contributed by atoms with Crippen molar-refractivity contribution in [3.63, 3.8) is 0 Å². The molecule has 4 heteroatoms. The van der Waals surface area contributed by atoms with Gasteiger partial charge in [0.05, 0.1) is 0 Å². The summed E-state index contributed by atoms with van der Waals surface area (Å²) in [6.07, 6.45) is 0. The third-order valence-electron chi connectivity index (χ3n) is 1.42. The third kappa shape index (κ3) is 3.57. The molecule has 1 unspecified atom stereocenters. The van der Waals surface area contributed by atoms with Gasteiger partial charge in [-0.25, -0.2) is 4.72 Å². The summed E-state index contributed by atoms with van der Waals surface area (Å²) in [5, 5.41) is 0. The Labute approximate surface area is 80.9 Å². The first-order valence-electron chi connectivity index (χ1n) is 4.12. The number of benzene rings is 1. The Kier molecular flexibility index (Phi) is 3.92. The minimum absolute atomic E-state index is 0.623. The van der Waals surface area contributed by atoms with Crippen molar-refractivity contribution in [1.82, 2.24) is 4.72 Å². The van der Waals surface area contributed by atoms with Crippen LogP contribution < -0.4 is 8.91 Å². The van der Waals surface area contributed by atoms with Crippen molar-refractivity contribution in [1.29, 1.82) is 0 Å². The first-order valence-corrected chi connectivity index (χ1v) is 5.20. The molecule has 0 saturated carbocycles. The smallest absolute Gasteiger partial charge is 0.287 e. The van der Waals surface area contributed by atoms with Crippen LogP contribution in [0.25, 0.3) is 0 Å². The van der Waals surface area contributed by atoms with Gasteiger partial charge in [-0.3, -0.25) is 0 Å². The van der Waals surface area contributed by atoms with Gasteiger partial charge in [-0.2, -0.15) is 4.21 Å². The predicted octanol–water partition coefficient (Wildman–Crippen LogP) is 1.56. The zero-order valence-corrected chi connectivity index (χ0v) is 8.56. The Bertz CT molecular complexity index is 301. The highest BCUT2D eigenvalue weighted by Gasteiger charge is 1.99. The van der Waals surface area contributed by atoms with Gasteiger partial charge < -0.3 is 4.18 Å². The van der Waals surface area contributed by atoms with Crippen molar-refractivity contribution in [2.45, 2.75) is 13.8 Å². The quantitative estimate of drug-likeness (QED) is 0.799. The summed E-state index contributed by atoms with van der Waals surface area (Å²) in [5.74, 6) is 0.624. The number of hydrogen-bond donors (Lipinski definition) is 1. The molecule has 0 radical (unpaired) electrons. The van der Waals surface area contributed by atoms with Gasteiger partial charge in [-0.15, -0.1) is 0 Å². The highest BCUT2D eigenvalue weighted by molar-refractivity contribution is 7.78. The molecule has 0 saturated heterocycles. The average Bonchev–Trinajstić information content (AvgIpc) is 2.04. The molecule has 13 heavy (non-hydrogen) atoms. The van der Waals surface area contributed by atoms with Gasteiger partial charge in [0.2, 0.25) is 0 Å². The van der Waals surface area contributed by atoms with E-state index in [2.05, 4.69) is 4.72 Å². The lowest BCUT2D eigenvalue weighted by Crippen LogP contribution is -2.20. The van der Waals surface area contributed by atoms with Gasteiger partial charge in [0.1, 0.15) is 5.75 Å². The molecule has 0 bridgehead atoms. The average molecular weight is 199 g/mol. The molecule has 0 aliphatic heterocycles. The van der Waals surface area contributed by atoms with Gasteiger partial charge in [-0.05, 0) is 24.6 Å². The number of rotatable bonds is 4. The van der Waals surface area contributed by atoms with Crippen molar-refractivity contribution < 1.29 is 8.39 Å². The van der Waals surface area contributed by atoms with Crippen molar-refractivity contribution in [2.75, 3.05) is 6.54 Å². The second-order valence-corrected chi connectivity index (χ2v) is 3.56. The summed E-state index contributed by atoms with van der Waals surface area (Å²) in [6, 6.07) is 7.45. The molecule has 3 nitrogen and oxygen atoms in total. The van der Waals surface area contributed by atoms with Gasteiger partial charge >= 0.3 is 0 Å². The molecule has 0 aliphatic rings. The molecular formula is C9H13NO2S. The molecule has 1 aromatic carbocycles. The summed E-state index contributed by atoms with van der Waals surface area (Å²) in [7, 11) is 0. The van der Waals surface area contributed by atoms with E-state index < -0.39 is 11.3 Å². The van der Waals surface area contributed by atoms with Gasteiger partial charge in [0.25, 0.3) is 11.3 Å². The van der Waals surface area contributed by atoms with Crippen molar-refractivity contribution in [3.05, 3.63) is 29.8 Å². The summed E-state index contributed by atoms with van der Waals surface area (Å²) in [6.45, 7) is 4.46. The zero-order valence-electron chi connectivity index (χ0n) is 7.74. The summed E-state index contributed by atoms with van der Waals surface area (Å²) >= 11 is -1.43. The lowest BCUT2D eigenvalue weighted by Gasteiger charge is -2.04. The second-order valence-electron chi connectivity index (χ2n) is 2.63. The van der Waals surface area contributed by atoms with Gasteiger partial charge in [0.15, 0.2) is 0 Å². The van der Waals surface area contributed by atoms with E-state index in [1.165, 1.54) is 0 Å². The molecule has 72 valence electrons. The SMILES string of the molecule is CCNS(=O)Oc1cccc(C)c1. The summed E-state index contributed by atoms with van der Waals surface area (Å²) < 4.78 is 18.9. The molecule has 0 aliphatic carbocycles. The highest BCUT2D eigenvalue weighted by atomic mass is 32.2. The van der Waals surface area contributed by atoms with E-state index >= 15 is 0 Å². The Balaban J connectivity index is 2.58. The molecule has 1 rings (SSSR count). The maximum Gasteiger partial charge on any atom is 0.287 e. The minimum atomic E-state index is -1.43. The molecule has 1 atom stereocenters. The van der Waals surface area contributed by atoms with Crippen LogP contribution in [-0.4, -0.2) is 10.8 Å². The van der Waals surface area contributed by atoms with Crippen LogP contribution in [-0.2, 0) is 11.3 Å². The van der Waals surface area contributed by atoms with E-state index in [9.17, 15) is 4.21 Å². The van der Waals surface area contributed by atoms with Crippen molar-refractivity contribution in [2.24, 2.45) is 0 Å². The Morgan fingerprint density at radius 2 is 2.31 bits per heavy atom. The van der Waals surface area contributed by atoms with Crippen LogP contribution in [0.15, 0.2) is 24.3 Å². The van der Waals surface area contributed by atoms with E-state index in [-0.39, 0.29) is 0 Å². The van der Waals surface area contributed by atoms with Crippen LogP contribution in [0.3, 0.4) is 0 Å². The molecule has 0 fully saturated rings. The van der Waals surface area contributed by atoms with E-state index in [0.29, 0.717) is 12.3 Å². The topological polar surface area (TPSA) is 38.3 Å². The molecule has 1 N–H and O–H groups in total. The minimum Gasteiger partial charge on any atom is -0.389 e. The van der Waals surface area contributed by atoms with Crippen LogP contribution in [0.1, 0.15) is 12.5 Å². The molecule has 0 spiro atoms. The molecular weight excluding hydrogens is 186 g/mol. The Morgan fingerprint density at radius 3 is 2.92 bits per heavy atom. The monoisotopic (exact) mass is 199 g/mol. The fourth-order valence-corrected chi connectivity index (χ4v) is 1.47. The summed E-state index contributed by atoms with van der Waals surface area (Å²) in [4.78, 5) is 0. The molecule has 0 aromatic heterocycles. The van der Waals surface area contributed by atoms with Crippen LogP contribution in [0.2, 0.25) is 0 Å². The van der Waals surface area contributed by atoms with Crippen LogP contribution in [0, 0.1) is 6.92 Å². The number of aryl methyl sites for hydroxylation is 1. The lowest BCUT2D eigenvalue weighted by molar-refractivity contribution is 0.550. The Morgan fingerprint density at radius 1 is 1.54 bits per heavy atom. The van der Waals surface area contributed by atoms with E-state index in [0.717, 1.165) is 5.56 Å². The van der Waals surface area contributed by atoms with E-state index in [1.807, 2.05) is 32.0 Å². The molecule has 0 amide bonds. The van der Waals surface area contributed by atoms with Crippen molar-refractivity contribution >= 4 is 11.3 Å². The second kappa shape index (κ2) is 4.99. The lowest BCUT2D eigenvalue weighted by atomic mass is 10.2. The first kappa shape index (κ1) is 10.2. The fourth-order valence-electron chi connectivity index (χ4n) is 0.902. The van der Waals surface area contributed by atoms with Gasteiger partial charge in [-0.1, -0.05) is 19.1 Å². The maximum atomic E-state index is 11.1. The normalized spacial score (nSPS) is 12.5. The van der Waals surface area contributed by atoms with E-state index in [1.54, 1.807) is 6.07 Å².